The van der Waals surface area contributed by atoms with Gasteiger partial charge in [0.25, 0.3) is 5.91 Å². The van der Waals surface area contributed by atoms with Crippen molar-refractivity contribution in [3.8, 4) is 11.8 Å². The molecule has 4 nitrogen and oxygen atoms in total. The van der Waals surface area contributed by atoms with Crippen LogP contribution < -0.4 is 4.74 Å². The minimum absolute atomic E-state index is 0.0152. The first-order chi connectivity index (χ1) is 9.22. The van der Waals surface area contributed by atoms with Crippen molar-refractivity contribution in [2.45, 2.75) is 26.7 Å². The van der Waals surface area contributed by atoms with E-state index in [4.69, 9.17) is 10.00 Å². The molecule has 0 atom stereocenters. The first kappa shape index (κ1) is 15.0. The van der Waals surface area contributed by atoms with Gasteiger partial charge in [-0.3, -0.25) is 4.79 Å². The second-order valence-corrected chi connectivity index (χ2v) is 4.28. The predicted octanol–water partition coefficient (Wildman–Crippen LogP) is 2.59. The van der Waals surface area contributed by atoms with Gasteiger partial charge in [0.1, 0.15) is 11.8 Å². The Morgan fingerprint density at radius 1 is 1.26 bits per heavy atom. The van der Waals surface area contributed by atoms with Crippen LogP contribution in [0.25, 0.3) is 0 Å². The molecular weight excluding hydrogens is 240 g/mol. The van der Waals surface area contributed by atoms with E-state index >= 15 is 0 Å². The first-order valence-electron chi connectivity index (χ1n) is 6.62. The Hall–Kier alpha value is -2.02. The van der Waals surface area contributed by atoms with E-state index in [0.29, 0.717) is 11.3 Å². The third kappa shape index (κ3) is 4.63. The predicted molar refractivity (Wildman–Crippen MR) is 73.8 cm³/mol. The van der Waals surface area contributed by atoms with Gasteiger partial charge in [-0.1, -0.05) is 26.0 Å². The van der Waals surface area contributed by atoms with Gasteiger partial charge in [-0.2, -0.15) is 5.26 Å². The zero-order valence-electron chi connectivity index (χ0n) is 11.6. The maximum Gasteiger partial charge on any atom is 0.260 e. The van der Waals surface area contributed by atoms with Crippen molar-refractivity contribution >= 4 is 5.91 Å². The molecule has 0 radical (unpaired) electrons. The number of benzene rings is 1. The van der Waals surface area contributed by atoms with E-state index in [0.717, 1.165) is 25.9 Å². The second kappa shape index (κ2) is 8.15. The van der Waals surface area contributed by atoms with Crippen LogP contribution in [-0.4, -0.2) is 30.5 Å². The highest BCUT2D eigenvalue weighted by Crippen LogP contribution is 2.16. The number of hydrogen-bond donors (Lipinski definition) is 0. The number of carbonyl (C=O) groups is 1. The molecule has 1 aromatic carbocycles. The largest absolute Gasteiger partial charge is 0.482 e. The molecule has 0 N–H and O–H groups in total. The first-order valence-corrected chi connectivity index (χ1v) is 6.62. The van der Waals surface area contributed by atoms with E-state index in [-0.39, 0.29) is 12.5 Å². The molecule has 0 bridgehead atoms. The third-order valence-electron chi connectivity index (χ3n) is 2.70. The maximum atomic E-state index is 12.0. The van der Waals surface area contributed by atoms with Crippen molar-refractivity contribution < 1.29 is 9.53 Å². The Labute approximate surface area is 114 Å². The molecule has 0 aliphatic heterocycles. The summed E-state index contributed by atoms with van der Waals surface area (Å²) in [6.45, 7) is 5.56. The van der Waals surface area contributed by atoms with Gasteiger partial charge in [-0.05, 0) is 25.0 Å². The number of amides is 1. The van der Waals surface area contributed by atoms with Crippen LogP contribution in [0.15, 0.2) is 24.3 Å². The smallest absolute Gasteiger partial charge is 0.260 e. The number of para-hydroxylation sites is 1. The summed E-state index contributed by atoms with van der Waals surface area (Å²) in [5, 5.41) is 8.94. The average Bonchev–Trinajstić information content (AvgIpc) is 2.44. The lowest BCUT2D eigenvalue weighted by atomic mass is 10.2. The zero-order valence-corrected chi connectivity index (χ0v) is 11.6. The van der Waals surface area contributed by atoms with Crippen molar-refractivity contribution in [2.24, 2.45) is 0 Å². The van der Waals surface area contributed by atoms with Gasteiger partial charge >= 0.3 is 0 Å². The van der Waals surface area contributed by atoms with Crippen molar-refractivity contribution in [2.75, 3.05) is 19.7 Å². The fourth-order valence-electron chi connectivity index (χ4n) is 1.82. The molecule has 0 unspecified atom stereocenters. The van der Waals surface area contributed by atoms with E-state index in [1.165, 1.54) is 0 Å². The maximum absolute atomic E-state index is 12.0. The van der Waals surface area contributed by atoms with Gasteiger partial charge < -0.3 is 9.64 Å². The van der Waals surface area contributed by atoms with Crippen LogP contribution >= 0.6 is 0 Å². The standard InChI is InChI=1S/C15H20N2O2/c1-3-9-17(10-4-2)15(18)12-19-14-8-6-5-7-13(14)11-16/h5-8H,3-4,9-10,12H2,1-2H3. The van der Waals surface area contributed by atoms with Crippen molar-refractivity contribution in [1.29, 1.82) is 5.26 Å². The number of hydrogen-bond acceptors (Lipinski definition) is 3. The molecule has 0 heterocycles. The number of carbonyl (C=O) groups excluding carboxylic acids is 1. The summed E-state index contributed by atoms with van der Waals surface area (Å²) in [5.74, 6) is 0.433. The third-order valence-corrected chi connectivity index (χ3v) is 2.70. The minimum atomic E-state index is -0.0311. The van der Waals surface area contributed by atoms with Crippen LogP contribution in [0, 0.1) is 11.3 Å². The van der Waals surface area contributed by atoms with E-state index in [1.54, 1.807) is 29.2 Å². The van der Waals surface area contributed by atoms with Gasteiger partial charge in [0.15, 0.2) is 6.61 Å². The highest BCUT2D eigenvalue weighted by Gasteiger charge is 2.13. The Balaban J connectivity index is 2.60. The summed E-state index contributed by atoms with van der Waals surface area (Å²) in [4.78, 5) is 13.8. The monoisotopic (exact) mass is 260 g/mol. The van der Waals surface area contributed by atoms with Gasteiger partial charge in [-0.25, -0.2) is 0 Å². The van der Waals surface area contributed by atoms with Gasteiger partial charge in [0.2, 0.25) is 0 Å². The molecule has 102 valence electrons. The van der Waals surface area contributed by atoms with Crippen LogP contribution in [0.3, 0.4) is 0 Å². The highest BCUT2D eigenvalue weighted by molar-refractivity contribution is 5.77. The van der Waals surface area contributed by atoms with Gasteiger partial charge in [0.05, 0.1) is 5.56 Å². The molecule has 0 spiro atoms. The Kier molecular flexibility index (Phi) is 6.45. The molecule has 0 aromatic heterocycles. The fraction of sp³-hybridized carbons (Fsp3) is 0.467. The summed E-state index contributed by atoms with van der Waals surface area (Å²) in [5.41, 5.74) is 0.452. The second-order valence-electron chi connectivity index (χ2n) is 4.28. The van der Waals surface area contributed by atoms with Crippen LogP contribution in [0.1, 0.15) is 32.3 Å². The molecule has 0 aliphatic rings. The van der Waals surface area contributed by atoms with Crippen LogP contribution in [0.4, 0.5) is 0 Å². The lowest BCUT2D eigenvalue weighted by Crippen LogP contribution is -2.36. The minimum Gasteiger partial charge on any atom is -0.482 e. The molecule has 1 rings (SSSR count). The molecular formula is C15H20N2O2. The quantitative estimate of drug-likeness (QED) is 0.757. The molecule has 19 heavy (non-hydrogen) atoms. The van der Waals surface area contributed by atoms with Gasteiger partial charge in [-0.15, -0.1) is 0 Å². The summed E-state index contributed by atoms with van der Waals surface area (Å²) in [7, 11) is 0. The Morgan fingerprint density at radius 2 is 1.89 bits per heavy atom. The summed E-state index contributed by atoms with van der Waals surface area (Å²) in [6.07, 6.45) is 1.86. The lowest BCUT2D eigenvalue weighted by molar-refractivity contribution is -0.133. The summed E-state index contributed by atoms with van der Waals surface area (Å²) >= 11 is 0. The number of nitrogens with zero attached hydrogens (tertiary/aromatic N) is 2. The highest BCUT2D eigenvalue weighted by atomic mass is 16.5. The van der Waals surface area contributed by atoms with Gasteiger partial charge in [0, 0.05) is 13.1 Å². The lowest BCUT2D eigenvalue weighted by Gasteiger charge is -2.21. The normalized spacial score (nSPS) is 9.74. The van der Waals surface area contributed by atoms with Crippen molar-refractivity contribution in [1.82, 2.24) is 4.90 Å². The van der Waals surface area contributed by atoms with E-state index < -0.39 is 0 Å². The number of rotatable bonds is 7. The van der Waals surface area contributed by atoms with E-state index in [1.807, 2.05) is 19.9 Å². The Bertz CT molecular complexity index is 446. The van der Waals surface area contributed by atoms with Crippen LogP contribution in [0.5, 0.6) is 5.75 Å². The molecule has 0 saturated carbocycles. The number of nitriles is 1. The van der Waals surface area contributed by atoms with E-state index in [9.17, 15) is 4.79 Å². The Morgan fingerprint density at radius 3 is 2.47 bits per heavy atom. The molecule has 0 saturated heterocycles. The summed E-state index contributed by atoms with van der Waals surface area (Å²) < 4.78 is 5.45. The van der Waals surface area contributed by atoms with Crippen molar-refractivity contribution in [3.05, 3.63) is 29.8 Å². The van der Waals surface area contributed by atoms with Crippen molar-refractivity contribution in [3.63, 3.8) is 0 Å². The zero-order chi connectivity index (χ0) is 14.1. The molecule has 1 amide bonds. The van der Waals surface area contributed by atoms with Crippen LogP contribution in [-0.2, 0) is 4.79 Å². The number of ether oxygens (including phenoxy) is 1. The average molecular weight is 260 g/mol. The van der Waals surface area contributed by atoms with E-state index in [2.05, 4.69) is 0 Å². The summed E-state index contributed by atoms with van der Waals surface area (Å²) in [6, 6.07) is 8.99. The SMILES string of the molecule is CCCN(CCC)C(=O)COc1ccccc1C#N. The topological polar surface area (TPSA) is 53.3 Å². The van der Waals surface area contributed by atoms with Crippen LogP contribution in [0.2, 0.25) is 0 Å². The molecule has 0 aliphatic carbocycles. The fourth-order valence-corrected chi connectivity index (χ4v) is 1.82. The molecule has 0 fully saturated rings. The molecule has 4 heteroatoms. The molecule has 1 aromatic rings.